The Kier molecular flexibility index (Phi) is 11.5. The average Bonchev–Trinajstić information content (AvgIpc) is 2.58. The fourth-order valence-corrected chi connectivity index (χ4v) is 2.83. The summed E-state index contributed by atoms with van der Waals surface area (Å²) in [5.41, 5.74) is 0. The van der Waals surface area contributed by atoms with Gasteiger partial charge in [-0.3, -0.25) is 4.55 Å². The fraction of sp³-hybridized carbons (Fsp3) is 0.565. The highest BCUT2D eigenvalue weighted by Gasteiger charge is 2.23. The quantitative estimate of drug-likeness (QED) is 0.598. The predicted octanol–water partition coefficient (Wildman–Crippen LogP) is 6.55. The van der Waals surface area contributed by atoms with Crippen LogP contribution in [0.15, 0.2) is 48.5 Å². The molecule has 0 saturated heterocycles. The van der Waals surface area contributed by atoms with Gasteiger partial charge in [-0.15, -0.1) is 0 Å². The Bertz CT molecular complexity index is 664. The van der Waals surface area contributed by atoms with Crippen molar-refractivity contribution in [1.82, 2.24) is 0 Å². The van der Waals surface area contributed by atoms with E-state index in [1.54, 1.807) is 0 Å². The molecule has 0 aromatic heterocycles. The van der Waals surface area contributed by atoms with E-state index in [2.05, 4.69) is 97.0 Å². The molecule has 0 bridgehead atoms. The lowest BCUT2D eigenvalue weighted by molar-refractivity contribution is 0.184. The molecule has 2 aromatic carbocycles. The molecule has 2 aromatic rings. The first kappa shape index (κ1) is 25.6. The third-order valence-electron chi connectivity index (χ3n) is 5.42. The van der Waals surface area contributed by atoms with E-state index in [9.17, 15) is 8.42 Å². The summed E-state index contributed by atoms with van der Waals surface area (Å²) in [5.74, 6) is 4.19. The van der Waals surface area contributed by atoms with Crippen LogP contribution < -0.4 is 0 Å². The molecular weight excluding hydrogens is 356 g/mol. The summed E-state index contributed by atoms with van der Waals surface area (Å²) < 4.78 is 25.9. The highest BCUT2D eigenvalue weighted by atomic mass is 32.2. The van der Waals surface area contributed by atoms with Crippen LogP contribution >= 0.6 is 0 Å². The molecule has 2 rings (SSSR count). The van der Waals surface area contributed by atoms with Crippen molar-refractivity contribution in [3.05, 3.63) is 48.5 Å². The van der Waals surface area contributed by atoms with Crippen LogP contribution in [0.25, 0.3) is 10.8 Å². The van der Waals surface area contributed by atoms with Crippen molar-refractivity contribution in [2.75, 3.05) is 6.26 Å². The molecule has 0 radical (unpaired) electrons. The van der Waals surface area contributed by atoms with Gasteiger partial charge in [0.05, 0.1) is 6.26 Å². The molecule has 0 amide bonds. The molecule has 0 saturated carbocycles. The maximum absolute atomic E-state index is 9.19. The number of hydrogen-bond acceptors (Lipinski definition) is 2. The predicted molar refractivity (Wildman–Crippen MR) is 119 cm³/mol. The molecule has 0 aliphatic heterocycles. The maximum atomic E-state index is 9.19. The topological polar surface area (TPSA) is 54.4 Å². The Morgan fingerprint density at radius 3 is 1.04 bits per heavy atom. The second-order valence-corrected chi connectivity index (χ2v) is 9.61. The molecule has 0 aliphatic carbocycles. The number of rotatable bonds is 4. The Morgan fingerprint density at radius 2 is 0.852 bits per heavy atom. The largest absolute Gasteiger partial charge is 0.286 e. The van der Waals surface area contributed by atoms with E-state index in [1.165, 1.54) is 10.8 Å². The second-order valence-electron chi connectivity index (χ2n) is 8.15. The summed E-state index contributed by atoms with van der Waals surface area (Å²) in [6.07, 6.45) is 0.715. The van der Waals surface area contributed by atoms with Gasteiger partial charge in [-0.1, -0.05) is 97.0 Å². The van der Waals surface area contributed by atoms with Gasteiger partial charge in [0.15, 0.2) is 0 Å². The minimum atomic E-state index is -3.67. The van der Waals surface area contributed by atoms with Crippen molar-refractivity contribution in [2.24, 2.45) is 29.6 Å². The van der Waals surface area contributed by atoms with E-state index >= 15 is 0 Å². The van der Waals surface area contributed by atoms with Crippen LogP contribution in [-0.4, -0.2) is 19.2 Å². The van der Waals surface area contributed by atoms with Gasteiger partial charge in [-0.2, -0.15) is 8.42 Å². The van der Waals surface area contributed by atoms with Crippen molar-refractivity contribution in [3.63, 3.8) is 0 Å². The molecule has 0 spiro atoms. The monoisotopic (exact) mass is 394 g/mol. The zero-order chi connectivity index (χ0) is 21.2. The zero-order valence-corrected chi connectivity index (χ0v) is 19.0. The first-order valence-corrected chi connectivity index (χ1v) is 11.6. The molecule has 0 heterocycles. The molecule has 2 unspecified atom stereocenters. The van der Waals surface area contributed by atoms with E-state index in [0.29, 0.717) is 6.26 Å². The van der Waals surface area contributed by atoms with Gasteiger partial charge in [0.1, 0.15) is 0 Å². The first-order valence-electron chi connectivity index (χ1n) is 9.70. The van der Waals surface area contributed by atoms with Crippen molar-refractivity contribution in [2.45, 2.75) is 48.5 Å². The van der Waals surface area contributed by atoms with Crippen LogP contribution in [0.1, 0.15) is 48.5 Å². The van der Waals surface area contributed by atoms with Crippen LogP contribution in [0.2, 0.25) is 0 Å². The molecule has 0 aliphatic rings. The van der Waals surface area contributed by atoms with Crippen LogP contribution in [0, 0.1) is 29.6 Å². The summed E-state index contributed by atoms with van der Waals surface area (Å²) in [4.78, 5) is 0. The summed E-state index contributed by atoms with van der Waals surface area (Å²) in [5, 5.41) is 2.62. The Hall–Kier alpha value is -1.39. The van der Waals surface area contributed by atoms with Gasteiger partial charge in [-0.05, 0) is 40.4 Å². The smallest absolute Gasteiger partial charge is 0.261 e. The first-order chi connectivity index (χ1) is 12.3. The van der Waals surface area contributed by atoms with Gasteiger partial charge < -0.3 is 0 Å². The van der Waals surface area contributed by atoms with E-state index in [4.69, 9.17) is 4.55 Å². The van der Waals surface area contributed by atoms with Gasteiger partial charge in [-0.25, -0.2) is 0 Å². The SMILES string of the molecule is CC(C)C(C)C(C)C(C)C(C)C.CS(=O)(=O)O.c1ccc2ccccc2c1. The standard InChI is InChI=1S/C12H26.C10H8.CH4O3S/c1-8(2)10(5)12(7)11(6)9(3)4;1-2-6-10-8-4-3-7-9(10)5-1;1-5(2,3)4/h8-12H,1-7H3;1-8H;1H3,(H,2,3,4). The summed E-state index contributed by atoms with van der Waals surface area (Å²) in [6.45, 7) is 16.5. The average molecular weight is 395 g/mol. The minimum absolute atomic E-state index is 0.715. The van der Waals surface area contributed by atoms with Crippen LogP contribution in [-0.2, 0) is 10.1 Å². The summed E-state index contributed by atoms with van der Waals surface area (Å²) in [6, 6.07) is 16.7. The van der Waals surface area contributed by atoms with Crippen molar-refractivity contribution < 1.29 is 13.0 Å². The molecule has 1 N–H and O–H groups in total. The van der Waals surface area contributed by atoms with Crippen LogP contribution in [0.3, 0.4) is 0 Å². The maximum Gasteiger partial charge on any atom is 0.261 e. The molecule has 154 valence electrons. The third kappa shape index (κ3) is 11.8. The van der Waals surface area contributed by atoms with Gasteiger partial charge in [0.25, 0.3) is 10.1 Å². The molecule has 3 nitrogen and oxygen atoms in total. The third-order valence-corrected chi connectivity index (χ3v) is 5.42. The highest BCUT2D eigenvalue weighted by molar-refractivity contribution is 7.85. The van der Waals surface area contributed by atoms with Gasteiger partial charge >= 0.3 is 0 Å². The van der Waals surface area contributed by atoms with Crippen LogP contribution in [0.5, 0.6) is 0 Å². The lowest BCUT2D eigenvalue weighted by atomic mass is 9.75. The number of benzene rings is 2. The fourth-order valence-electron chi connectivity index (χ4n) is 2.83. The lowest BCUT2D eigenvalue weighted by Gasteiger charge is -2.31. The zero-order valence-electron chi connectivity index (χ0n) is 18.2. The minimum Gasteiger partial charge on any atom is -0.286 e. The van der Waals surface area contributed by atoms with Crippen molar-refractivity contribution in [3.8, 4) is 0 Å². The summed E-state index contributed by atoms with van der Waals surface area (Å²) in [7, 11) is -3.67. The van der Waals surface area contributed by atoms with Gasteiger partial charge in [0, 0.05) is 0 Å². The lowest BCUT2D eigenvalue weighted by Crippen LogP contribution is -2.24. The molecule has 4 heteroatoms. The molecule has 2 atom stereocenters. The van der Waals surface area contributed by atoms with Crippen LogP contribution in [0.4, 0.5) is 0 Å². The molecule has 0 fully saturated rings. The van der Waals surface area contributed by atoms with E-state index in [0.717, 1.165) is 29.6 Å². The van der Waals surface area contributed by atoms with Gasteiger partial charge in [0.2, 0.25) is 0 Å². The molecule has 27 heavy (non-hydrogen) atoms. The normalized spacial score (nSPS) is 14.6. The molecular formula is C23H38O3S. The Labute approximate surface area is 166 Å². The van der Waals surface area contributed by atoms with Crippen molar-refractivity contribution >= 4 is 20.9 Å². The number of fused-ring (bicyclic) bond motifs is 1. The summed E-state index contributed by atoms with van der Waals surface area (Å²) >= 11 is 0. The number of hydrogen-bond donors (Lipinski definition) is 1. The highest BCUT2D eigenvalue weighted by Crippen LogP contribution is 2.30. The van der Waals surface area contributed by atoms with E-state index < -0.39 is 10.1 Å². The van der Waals surface area contributed by atoms with E-state index in [1.807, 2.05) is 0 Å². The Balaban J connectivity index is 0.000000406. The Morgan fingerprint density at radius 1 is 0.630 bits per heavy atom. The van der Waals surface area contributed by atoms with Crippen molar-refractivity contribution in [1.29, 1.82) is 0 Å². The second kappa shape index (κ2) is 12.1. The van der Waals surface area contributed by atoms with E-state index in [-0.39, 0.29) is 0 Å².